The van der Waals surface area contributed by atoms with E-state index in [1.807, 2.05) is 12.1 Å². The van der Waals surface area contributed by atoms with E-state index in [2.05, 4.69) is 4.74 Å². The summed E-state index contributed by atoms with van der Waals surface area (Å²) in [6.07, 6.45) is 0. The summed E-state index contributed by atoms with van der Waals surface area (Å²) in [6.45, 7) is 1.71. The van der Waals surface area contributed by atoms with Gasteiger partial charge in [0, 0.05) is 0 Å². The lowest BCUT2D eigenvalue weighted by Crippen LogP contribution is -2.00. The molecule has 0 saturated carbocycles. The molecule has 0 aliphatic heterocycles. The fraction of sp³-hybridized carbons (Fsp3) is 0.133. The van der Waals surface area contributed by atoms with E-state index >= 15 is 0 Å². The molecule has 3 heteroatoms. The molecule has 0 bridgehead atoms. The van der Waals surface area contributed by atoms with Crippen molar-refractivity contribution in [3.05, 3.63) is 59.4 Å². The number of hydrogen-bond donors (Lipinski definition) is 0. The third kappa shape index (κ3) is 2.40. The summed E-state index contributed by atoms with van der Waals surface area (Å²) >= 11 is 0. The van der Waals surface area contributed by atoms with Gasteiger partial charge in [0.15, 0.2) is 0 Å². The van der Waals surface area contributed by atoms with Crippen LogP contribution in [0.2, 0.25) is 0 Å². The molecule has 92 valence electrons. The van der Waals surface area contributed by atoms with Crippen molar-refractivity contribution >= 4 is 5.97 Å². The van der Waals surface area contributed by atoms with Crippen LogP contribution in [-0.4, -0.2) is 13.1 Å². The van der Waals surface area contributed by atoms with Crippen LogP contribution in [0, 0.1) is 12.7 Å². The number of hydrogen-bond acceptors (Lipinski definition) is 2. The Hall–Kier alpha value is -2.16. The monoisotopic (exact) mass is 244 g/mol. The summed E-state index contributed by atoms with van der Waals surface area (Å²) < 4.78 is 18.2. The maximum absolute atomic E-state index is 13.5. The Morgan fingerprint density at radius 2 is 1.83 bits per heavy atom. The molecule has 2 aromatic rings. The molecular weight excluding hydrogens is 231 g/mol. The van der Waals surface area contributed by atoms with Gasteiger partial charge >= 0.3 is 5.97 Å². The summed E-state index contributed by atoms with van der Waals surface area (Å²) in [5.74, 6) is -0.652. The normalized spacial score (nSPS) is 10.2. The molecule has 0 heterocycles. The second-order valence-corrected chi connectivity index (χ2v) is 4.04. The van der Waals surface area contributed by atoms with Crippen molar-refractivity contribution in [2.24, 2.45) is 0 Å². The van der Waals surface area contributed by atoms with Gasteiger partial charge in [-0.3, -0.25) is 0 Å². The Morgan fingerprint density at radius 1 is 1.11 bits per heavy atom. The first-order valence-corrected chi connectivity index (χ1v) is 5.56. The van der Waals surface area contributed by atoms with Gasteiger partial charge in [-0.15, -0.1) is 0 Å². The summed E-state index contributed by atoms with van der Waals surface area (Å²) in [5.41, 5.74) is 2.58. The SMILES string of the molecule is COC(=O)c1cccc(-c2ccc(C)c(F)c2)c1. The topological polar surface area (TPSA) is 26.3 Å². The highest BCUT2D eigenvalue weighted by Gasteiger charge is 2.07. The van der Waals surface area contributed by atoms with Crippen molar-refractivity contribution in [1.82, 2.24) is 0 Å². The first-order chi connectivity index (χ1) is 8.61. The molecule has 2 nitrogen and oxygen atoms in total. The van der Waals surface area contributed by atoms with Crippen LogP contribution < -0.4 is 0 Å². The Balaban J connectivity index is 2.44. The number of ether oxygens (including phenoxy) is 1. The largest absolute Gasteiger partial charge is 0.465 e. The van der Waals surface area contributed by atoms with E-state index in [1.165, 1.54) is 13.2 Å². The summed E-state index contributed by atoms with van der Waals surface area (Å²) in [4.78, 5) is 11.4. The maximum atomic E-state index is 13.5. The molecule has 2 aromatic carbocycles. The van der Waals surface area contributed by atoms with E-state index in [4.69, 9.17) is 0 Å². The van der Waals surface area contributed by atoms with Crippen molar-refractivity contribution in [2.45, 2.75) is 6.92 Å². The highest BCUT2D eigenvalue weighted by atomic mass is 19.1. The lowest BCUT2D eigenvalue weighted by molar-refractivity contribution is 0.0601. The molecule has 0 aliphatic rings. The molecule has 2 rings (SSSR count). The summed E-state index contributed by atoms with van der Waals surface area (Å²) in [7, 11) is 1.33. The highest BCUT2D eigenvalue weighted by molar-refractivity contribution is 5.90. The van der Waals surface area contributed by atoms with Crippen LogP contribution in [0.25, 0.3) is 11.1 Å². The Morgan fingerprint density at radius 3 is 2.50 bits per heavy atom. The van der Waals surface area contributed by atoms with Crippen LogP contribution in [0.4, 0.5) is 4.39 Å². The van der Waals surface area contributed by atoms with Gasteiger partial charge in [0.2, 0.25) is 0 Å². The van der Waals surface area contributed by atoms with Gasteiger partial charge in [-0.25, -0.2) is 9.18 Å². The average molecular weight is 244 g/mol. The van der Waals surface area contributed by atoms with Gasteiger partial charge in [-0.05, 0) is 41.8 Å². The molecule has 0 radical (unpaired) electrons. The fourth-order valence-electron chi connectivity index (χ4n) is 1.72. The van der Waals surface area contributed by atoms with Crippen LogP contribution >= 0.6 is 0 Å². The van der Waals surface area contributed by atoms with E-state index in [0.29, 0.717) is 11.1 Å². The maximum Gasteiger partial charge on any atom is 0.337 e. The van der Waals surface area contributed by atoms with Crippen molar-refractivity contribution in [3.63, 3.8) is 0 Å². The number of rotatable bonds is 2. The molecule has 0 aliphatic carbocycles. The number of aryl methyl sites for hydroxylation is 1. The van der Waals surface area contributed by atoms with E-state index < -0.39 is 5.97 Å². The minimum atomic E-state index is -0.399. The Bertz CT molecular complexity index is 591. The number of halogens is 1. The van der Waals surface area contributed by atoms with Crippen LogP contribution in [0.15, 0.2) is 42.5 Å². The van der Waals surface area contributed by atoms with Crippen molar-refractivity contribution in [2.75, 3.05) is 7.11 Å². The average Bonchev–Trinajstić information content (AvgIpc) is 2.41. The molecule has 0 aromatic heterocycles. The molecule has 18 heavy (non-hydrogen) atoms. The van der Waals surface area contributed by atoms with Gasteiger partial charge in [0.05, 0.1) is 12.7 Å². The summed E-state index contributed by atoms with van der Waals surface area (Å²) in [6, 6.07) is 11.9. The lowest BCUT2D eigenvalue weighted by atomic mass is 10.0. The molecular formula is C15H13FO2. The van der Waals surface area contributed by atoms with Gasteiger partial charge in [0.1, 0.15) is 5.82 Å². The highest BCUT2D eigenvalue weighted by Crippen LogP contribution is 2.23. The number of benzene rings is 2. The zero-order valence-electron chi connectivity index (χ0n) is 10.2. The molecule has 0 fully saturated rings. The third-order valence-electron chi connectivity index (χ3n) is 2.79. The van der Waals surface area contributed by atoms with E-state index in [-0.39, 0.29) is 5.82 Å². The molecule has 0 amide bonds. The first-order valence-electron chi connectivity index (χ1n) is 5.56. The predicted molar refractivity (Wildman–Crippen MR) is 67.9 cm³/mol. The van der Waals surface area contributed by atoms with Gasteiger partial charge in [-0.1, -0.05) is 24.3 Å². The summed E-state index contributed by atoms with van der Waals surface area (Å²) in [5, 5.41) is 0. The van der Waals surface area contributed by atoms with Gasteiger partial charge in [0.25, 0.3) is 0 Å². The number of esters is 1. The smallest absolute Gasteiger partial charge is 0.337 e. The molecule has 0 spiro atoms. The van der Waals surface area contributed by atoms with Crippen molar-refractivity contribution < 1.29 is 13.9 Å². The second-order valence-electron chi connectivity index (χ2n) is 4.04. The lowest BCUT2D eigenvalue weighted by Gasteiger charge is -2.05. The first kappa shape index (κ1) is 12.3. The minimum absolute atomic E-state index is 0.254. The van der Waals surface area contributed by atoms with E-state index in [1.54, 1.807) is 31.2 Å². The minimum Gasteiger partial charge on any atom is -0.465 e. The van der Waals surface area contributed by atoms with Crippen molar-refractivity contribution in [3.8, 4) is 11.1 Å². The molecule has 0 atom stereocenters. The van der Waals surface area contributed by atoms with E-state index in [0.717, 1.165) is 11.1 Å². The Labute approximate surface area is 105 Å². The number of methoxy groups -OCH3 is 1. The van der Waals surface area contributed by atoms with Crippen LogP contribution in [0.3, 0.4) is 0 Å². The molecule has 0 unspecified atom stereocenters. The Kier molecular flexibility index (Phi) is 3.42. The van der Waals surface area contributed by atoms with Crippen LogP contribution in [0.1, 0.15) is 15.9 Å². The number of carbonyl (C=O) groups is 1. The van der Waals surface area contributed by atoms with Crippen LogP contribution in [-0.2, 0) is 4.74 Å². The van der Waals surface area contributed by atoms with Crippen molar-refractivity contribution in [1.29, 1.82) is 0 Å². The number of carbonyl (C=O) groups excluding carboxylic acids is 1. The zero-order chi connectivity index (χ0) is 13.1. The fourth-order valence-corrected chi connectivity index (χ4v) is 1.72. The third-order valence-corrected chi connectivity index (χ3v) is 2.79. The second kappa shape index (κ2) is 5.00. The standard InChI is InChI=1S/C15H13FO2/c1-10-6-7-12(9-14(10)16)11-4-3-5-13(8-11)15(17)18-2/h3-9H,1-2H3. The predicted octanol–water partition coefficient (Wildman–Crippen LogP) is 3.59. The molecule has 0 N–H and O–H groups in total. The van der Waals surface area contributed by atoms with Crippen LogP contribution in [0.5, 0.6) is 0 Å². The quantitative estimate of drug-likeness (QED) is 0.755. The van der Waals surface area contributed by atoms with Gasteiger partial charge < -0.3 is 4.74 Å². The van der Waals surface area contributed by atoms with E-state index in [9.17, 15) is 9.18 Å². The molecule has 0 saturated heterocycles. The van der Waals surface area contributed by atoms with Gasteiger partial charge in [-0.2, -0.15) is 0 Å². The zero-order valence-corrected chi connectivity index (χ0v) is 10.2.